The first-order chi connectivity index (χ1) is 19.5. The molecule has 0 saturated heterocycles. The minimum atomic E-state index is -2.10. The summed E-state index contributed by atoms with van der Waals surface area (Å²) in [6.45, 7) is 41.3. The van der Waals surface area contributed by atoms with Crippen LogP contribution in [0.4, 0.5) is 0 Å². The number of para-hydroxylation sites is 1. The van der Waals surface area contributed by atoms with Gasteiger partial charge in [-0.15, -0.1) is 0 Å². The molecule has 6 nitrogen and oxygen atoms in total. The summed E-state index contributed by atoms with van der Waals surface area (Å²) >= 11 is 0. The van der Waals surface area contributed by atoms with Gasteiger partial charge in [0.2, 0.25) is 8.32 Å². The zero-order valence-electron chi connectivity index (χ0n) is 31.4. The Balaban J connectivity index is 2.94. The molecule has 0 spiro atoms. The molecule has 0 aliphatic carbocycles. The maximum Gasteiger partial charge on any atom is 0.241 e. The summed E-state index contributed by atoms with van der Waals surface area (Å²) in [6.07, 6.45) is 3.51. The lowest BCUT2D eigenvalue weighted by atomic mass is 10.0. The molecule has 0 aliphatic heterocycles. The Bertz CT molecular complexity index is 1250. The Morgan fingerprint density at radius 3 is 1.64 bits per heavy atom. The van der Waals surface area contributed by atoms with E-state index in [1.54, 1.807) is 0 Å². The van der Waals surface area contributed by atoms with Gasteiger partial charge in [-0.25, -0.2) is 0 Å². The van der Waals surface area contributed by atoms with Gasteiger partial charge in [0.1, 0.15) is 18.0 Å². The first-order valence-corrected chi connectivity index (χ1v) is 36.7. The van der Waals surface area contributed by atoms with Crippen LogP contribution in [0.2, 0.25) is 118 Å². The predicted molar refractivity (Wildman–Crippen MR) is 207 cm³/mol. The second-order valence-corrected chi connectivity index (χ2v) is 45.1. The van der Waals surface area contributed by atoms with E-state index in [4.69, 9.17) is 22.1 Å². The van der Waals surface area contributed by atoms with Crippen LogP contribution < -0.4 is 0 Å². The standard InChI is InChI=1S/C32H65NO5Si6/c1-39(2,3)33-24-26(27-21-19-20-22-28(27)33)23-29(35-41(7,8)9)31(37-43(13,14)15)32(38-44(16,17)18)30(36-42(10,11)12)25-34-40(4,5)6/h19-24,30-32H,25H2,1-18H3/b29-23+/t30-,31-,32+/m0/s1. The highest BCUT2D eigenvalue weighted by atomic mass is 28.4. The highest BCUT2D eigenvalue weighted by Crippen LogP contribution is 2.34. The van der Waals surface area contributed by atoms with E-state index in [-0.39, 0.29) is 12.2 Å². The first-order valence-electron chi connectivity index (χ1n) is 16.2. The molecular weight excluding hydrogens is 647 g/mol. The van der Waals surface area contributed by atoms with Crippen molar-refractivity contribution in [3.8, 4) is 0 Å². The van der Waals surface area contributed by atoms with Gasteiger partial charge < -0.3 is 26.4 Å². The van der Waals surface area contributed by atoms with Gasteiger partial charge in [-0.2, -0.15) is 0 Å². The molecule has 12 heteroatoms. The van der Waals surface area contributed by atoms with Crippen molar-refractivity contribution in [2.24, 2.45) is 0 Å². The van der Waals surface area contributed by atoms with Crippen LogP contribution >= 0.6 is 0 Å². The molecule has 2 aromatic rings. The third-order valence-electron chi connectivity index (χ3n) is 6.29. The molecule has 2 rings (SSSR count). The molecule has 44 heavy (non-hydrogen) atoms. The van der Waals surface area contributed by atoms with Gasteiger partial charge >= 0.3 is 0 Å². The number of rotatable bonds is 16. The molecule has 0 radical (unpaired) electrons. The number of hydrogen-bond acceptors (Lipinski definition) is 5. The van der Waals surface area contributed by atoms with Crippen LogP contribution in [-0.2, 0) is 22.1 Å². The fourth-order valence-electron chi connectivity index (χ4n) is 4.94. The number of fused-ring (bicyclic) bond motifs is 1. The quantitative estimate of drug-likeness (QED) is 0.128. The zero-order chi connectivity index (χ0) is 34.1. The molecule has 0 unspecified atom stereocenters. The van der Waals surface area contributed by atoms with E-state index in [1.165, 1.54) is 10.9 Å². The maximum atomic E-state index is 7.20. The smallest absolute Gasteiger partial charge is 0.241 e. The van der Waals surface area contributed by atoms with Crippen LogP contribution in [0.25, 0.3) is 17.0 Å². The van der Waals surface area contributed by atoms with E-state index < -0.39 is 55.9 Å². The lowest BCUT2D eigenvalue weighted by Gasteiger charge is -2.43. The third-order valence-corrected chi connectivity index (χ3v) is 12.9. The van der Waals surface area contributed by atoms with Gasteiger partial charge in [0.15, 0.2) is 41.5 Å². The number of benzene rings is 1. The molecular formula is C32H65NO5Si6. The van der Waals surface area contributed by atoms with Gasteiger partial charge in [0.25, 0.3) is 0 Å². The Morgan fingerprint density at radius 2 is 1.18 bits per heavy atom. The van der Waals surface area contributed by atoms with Crippen LogP contribution in [0.15, 0.2) is 36.2 Å². The molecule has 3 atom stereocenters. The molecule has 1 aromatic carbocycles. The maximum absolute atomic E-state index is 7.20. The number of nitrogens with zero attached hydrogens (tertiary/aromatic N) is 1. The molecule has 252 valence electrons. The molecule has 0 aliphatic rings. The van der Waals surface area contributed by atoms with E-state index >= 15 is 0 Å². The summed E-state index contributed by atoms with van der Waals surface area (Å²) in [5.74, 6) is 0.852. The summed E-state index contributed by atoms with van der Waals surface area (Å²) in [5.41, 5.74) is 2.43. The van der Waals surface area contributed by atoms with Crippen molar-refractivity contribution in [3.63, 3.8) is 0 Å². The Labute approximate surface area is 276 Å². The molecule has 0 saturated carbocycles. The topological polar surface area (TPSA) is 51.1 Å². The second kappa shape index (κ2) is 14.3. The van der Waals surface area contributed by atoms with Gasteiger partial charge in [0, 0.05) is 22.7 Å². The fraction of sp³-hybridized carbons (Fsp3) is 0.688. The Hall–Kier alpha value is -0.559. The SMILES string of the molecule is C[Si](C)(C)OC[C@H](O[Si](C)(C)C)[C@@H](O[Si](C)(C)C)[C@@H](O[Si](C)(C)C)/C(=C\c1cn([Si](C)(C)C)c2ccccc12)O[Si](C)(C)C. The predicted octanol–water partition coefficient (Wildman–Crippen LogP) is 10.0. The van der Waals surface area contributed by atoms with Crippen molar-refractivity contribution >= 4 is 66.8 Å². The van der Waals surface area contributed by atoms with E-state index in [0.717, 1.165) is 11.3 Å². The van der Waals surface area contributed by atoms with Crippen molar-refractivity contribution < 1.29 is 22.1 Å². The highest BCUT2D eigenvalue weighted by molar-refractivity contribution is 6.75. The largest absolute Gasteiger partial charge is 0.545 e. The molecule has 1 aromatic heterocycles. The van der Waals surface area contributed by atoms with Crippen LogP contribution in [0.5, 0.6) is 0 Å². The summed E-state index contributed by atoms with van der Waals surface area (Å²) < 4.78 is 37.5. The average Bonchev–Trinajstić information content (AvgIpc) is 3.14. The van der Waals surface area contributed by atoms with E-state index in [9.17, 15) is 0 Å². The minimum absolute atomic E-state index is 0.279. The molecule has 1 heterocycles. The number of aromatic nitrogens is 1. The fourth-order valence-corrected chi connectivity index (χ4v) is 11.1. The van der Waals surface area contributed by atoms with E-state index in [1.807, 2.05) is 0 Å². The van der Waals surface area contributed by atoms with Gasteiger partial charge in [-0.05, 0) is 110 Å². The number of hydrogen-bond donors (Lipinski definition) is 0. The monoisotopic (exact) mass is 711 g/mol. The van der Waals surface area contributed by atoms with Gasteiger partial charge in [0.05, 0.1) is 12.7 Å². The van der Waals surface area contributed by atoms with Gasteiger partial charge in [-0.1, -0.05) is 37.8 Å². The molecule has 0 bridgehead atoms. The van der Waals surface area contributed by atoms with Crippen molar-refractivity contribution in [3.05, 3.63) is 41.8 Å². The van der Waals surface area contributed by atoms with Crippen molar-refractivity contribution in [1.82, 2.24) is 4.23 Å². The summed E-state index contributed by atoms with van der Waals surface area (Å²) in [7, 11) is -11.8. The second-order valence-electron chi connectivity index (χ2n) is 17.9. The van der Waals surface area contributed by atoms with Crippen LogP contribution in [0.1, 0.15) is 5.56 Å². The van der Waals surface area contributed by atoms with Gasteiger partial charge in [-0.3, -0.25) is 0 Å². The Morgan fingerprint density at radius 1 is 0.659 bits per heavy atom. The average molecular weight is 712 g/mol. The molecule has 0 amide bonds. The first kappa shape index (κ1) is 39.6. The van der Waals surface area contributed by atoms with Crippen molar-refractivity contribution in [2.45, 2.75) is 136 Å². The minimum Gasteiger partial charge on any atom is -0.545 e. The van der Waals surface area contributed by atoms with Crippen molar-refractivity contribution in [2.75, 3.05) is 6.61 Å². The highest BCUT2D eigenvalue weighted by Gasteiger charge is 2.43. The molecule has 0 fully saturated rings. The van der Waals surface area contributed by atoms with Crippen LogP contribution in [0.3, 0.4) is 0 Å². The summed E-state index contributed by atoms with van der Waals surface area (Å²) in [4.78, 5) is 0. The third kappa shape index (κ3) is 13.7. The lowest BCUT2D eigenvalue weighted by Crippen LogP contribution is -2.56. The van der Waals surface area contributed by atoms with E-state index in [0.29, 0.717) is 6.61 Å². The normalized spacial score (nSPS) is 16.7. The van der Waals surface area contributed by atoms with Crippen LogP contribution in [0, 0.1) is 0 Å². The summed E-state index contributed by atoms with van der Waals surface area (Å²) in [5, 5.41) is 1.23. The van der Waals surface area contributed by atoms with E-state index in [2.05, 4.69) is 159 Å². The summed E-state index contributed by atoms with van der Waals surface area (Å²) in [6, 6.07) is 8.74. The van der Waals surface area contributed by atoms with Crippen LogP contribution in [-0.4, -0.2) is 79.0 Å². The Kier molecular flexibility index (Phi) is 12.9. The van der Waals surface area contributed by atoms with Crippen molar-refractivity contribution in [1.29, 1.82) is 0 Å². The lowest BCUT2D eigenvalue weighted by molar-refractivity contribution is -0.0466. The zero-order valence-corrected chi connectivity index (χ0v) is 37.4. The molecule has 0 N–H and O–H groups in total.